The summed E-state index contributed by atoms with van der Waals surface area (Å²) in [6.07, 6.45) is 78.4. The molecule has 1 atom stereocenters. The number of carbonyl (C=O) groups is 3. The van der Waals surface area contributed by atoms with Crippen molar-refractivity contribution in [3.8, 4) is 0 Å². The van der Waals surface area contributed by atoms with E-state index in [0.717, 1.165) is 57.8 Å². The lowest BCUT2D eigenvalue weighted by atomic mass is 10.0. The maximum absolute atomic E-state index is 12.9. The maximum atomic E-state index is 12.9. The van der Waals surface area contributed by atoms with Crippen molar-refractivity contribution in [2.24, 2.45) is 0 Å². The Morgan fingerprint density at radius 3 is 0.519 bits per heavy atom. The fourth-order valence-electron chi connectivity index (χ4n) is 11.3. The monoisotopic (exact) mass is 1090 g/mol. The summed E-state index contributed by atoms with van der Waals surface area (Å²) in [5, 5.41) is 0. The van der Waals surface area contributed by atoms with Crippen LogP contribution in [0, 0.1) is 0 Å². The Balaban J connectivity index is 4.25. The van der Waals surface area contributed by atoms with Crippen LogP contribution in [0.5, 0.6) is 0 Å². The Morgan fingerprint density at radius 1 is 0.208 bits per heavy atom. The number of hydrogen-bond donors (Lipinski definition) is 0. The van der Waals surface area contributed by atoms with Gasteiger partial charge >= 0.3 is 17.9 Å². The zero-order valence-electron chi connectivity index (χ0n) is 52.8. The first-order valence-corrected chi connectivity index (χ1v) is 35.5. The van der Waals surface area contributed by atoms with Crippen LogP contribution in [-0.4, -0.2) is 37.2 Å². The molecule has 0 bridgehead atoms. The van der Waals surface area contributed by atoms with Gasteiger partial charge in [-0.3, -0.25) is 14.4 Å². The van der Waals surface area contributed by atoms with Crippen LogP contribution >= 0.6 is 0 Å². The molecule has 6 heteroatoms. The van der Waals surface area contributed by atoms with Crippen molar-refractivity contribution in [3.05, 3.63) is 0 Å². The van der Waals surface area contributed by atoms with Gasteiger partial charge in [-0.1, -0.05) is 380 Å². The van der Waals surface area contributed by atoms with Crippen LogP contribution in [0.2, 0.25) is 0 Å². The van der Waals surface area contributed by atoms with Crippen molar-refractivity contribution in [1.29, 1.82) is 0 Å². The van der Waals surface area contributed by atoms with Crippen LogP contribution in [-0.2, 0) is 28.6 Å². The summed E-state index contributed by atoms with van der Waals surface area (Å²) >= 11 is 0. The summed E-state index contributed by atoms with van der Waals surface area (Å²) in [5.74, 6) is -0.817. The quantitative estimate of drug-likeness (QED) is 0.0343. The summed E-state index contributed by atoms with van der Waals surface area (Å²) in [4.78, 5) is 38.5. The van der Waals surface area contributed by atoms with Gasteiger partial charge in [-0.05, 0) is 19.3 Å². The highest BCUT2D eigenvalue weighted by Gasteiger charge is 2.19. The minimum Gasteiger partial charge on any atom is -0.462 e. The van der Waals surface area contributed by atoms with Crippen molar-refractivity contribution < 1.29 is 28.6 Å². The average molecular weight is 1090 g/mol. The van der Waals surface area contributed by atoms with Crippen molar-refractivity contribution in [3.63, 3.8) is 0 Å². The molecule has 0 radical (unpaired) electrons. The smallest absolute Gasteiger partial charge is 0.306 e. The van der Waals surface area contributed by atoms with E-state index in [-0.39, 0.29) is 31.1 Å². The van der Waals surface area contributed by atoms with E-state index in [9.17, 15) is 14.4 Å². The van der Waals surface area contributed by atoms with Gasteiger partial charge in [0.2, 0.25) is 0 Å². The van der Waals surface area contributed by atoms with Crippen LogP contribution in [0.25, 0.3) is 0 Å². The highest BCUT2D eigenvalue weighted by Crippen LogP contribution is 2.19. The predicted octanol–water partition coefficient (Wildman–Crippen LogP) is 24.2. The van der Waals surface area contributed by atoms with E-state index in [2.05, 4.69) is 20.8 Å². The number of unbranched alkanes of at least 4 members (excludes halogenated alkanes) is 56. The van der Waals surface area contributed by atoms with Crippen molar-refractivity contribution in [2.75, 3.05) is 13.2 Å². The van der Waals surface area contributed by atoms with Crippen LogP contribution in [0.3, 0.4) is 0 Å². The number of carbonyl (C=O) groups excluding carboxylic acids is 3. The molecule has 0 aliphatic carbocycles. The molecule has 0 aliphatic heterocycles. The zero-order chi connectivity index (χ0) is 55.7. The lowest BCUT2D eigenvalue weighted by Gasteiger charge is -2.18. The van der Waals surface area contributed by atoms with Gasteiger partial charge in [0.05, 0.1) is 0 Å². The third-order valence-corrected chi connectivity index (χ3v) is 16.6. The lowest BCUT2D eigenvalue weighted by Crippen LogP contribution is -2.30. The summed E-state index contributed by atoms with van der Waals surface area (Å²) < 4.78 is 17.0. The molecular weight excluding hydrogens is 949 g/mol. The molecule has 1 unspecified atom stereocenters. The molecule has 0 N–H and O–H groups in total. The zero-order valence-corrected chi connectivity index (χ0v) is 52.8. The highest BCUT2D eigenvalue weighted by molar-refractivity contribution is 5.71. The van der Waals surface area contributed by atoms with E-state index >= 15 is 0 Å². The maximum Gasteiger partial charge on any atom is 0.306 e. The third-order valence-electron chi connectivity index (χ3n) is 16.6. The van der Waals surface area contributed by atoms with Gasteiger partial charge in [0, 0.05) is 19.3 Å². The molecule has 0 spiro atoms. The van der Waals surface area contributed by atoms with Crippen molar-refractivity contribution in [1.82, 2.24) is 0 Å². The van der Waals surface area contributed by atoms with Crippen LogP contribution in [0.1, 0.15) is 419 Å². The van der Waals surface area contributed by atoms with E-state index in [1.165, 1.54) is 321 Å². The van der Waals surface area contributed by atoms with Gasteiger partial charge < -0.3 is 14.2 Å². The fourth-order valence-corrected chi connectivity index (χ4v) is 11.3. The van der Waals surface area contributed by atoms with Gasteiger partial charge in [-0.25, -0.2) is 0 Å². The molecule has 458 valence electrons. The topological polar surface area (TPSA) is 78.9 Å². The van der Waals surface area contributed by atoms with Crippen molar-refractivity contribution >= 4 is 17.9 Å². The molecular formula is C71H138O6. The van der Waals surface area contributed by atoms with Crippen LogP contribution < -0.4 is 0 Å². The number of hydrogen-bond acceptors (Lipinski definition) is 6. The molecule has 0 saturated carbocycles. The normalized spacial score (nSPS) is 11.9. The molecule has 6 nitrogen and oxygen atoms in total. The summed E-state index contributed by atoms with van der Waals surface area (Å²) in [6.45, 7) is 6.75. The summed E-state index contributed by atoms with van der Waals surface area (Å²) in [5.41, 5.74) is 0. The van der Waals surface area contributed by atoms with Gasteiger partial charge in [0.25, 0.3) is 0 Å². The van der Waals surface area contributed by atoms with E-state index in [1.54, 1.807) is 0 Å². The Labute approximate surface area is 482 Å². The van der Waals surface area contributed by atoms with Gasteiger partial charge in [0.15, 0.2) is 6.10 Å². The third kappa shape index (κ3) is 65.1. The molecule has 0 aliphatic rings. The van der Waals surface area contributed by atoms with E-state index < -0.39 is 6.10 Å². The second-order valence-corrected chi connectivity index (χ2v) is 24.5. The SMILES string of the molecule is CCCCCCCCCCCCCCCCCCCCCCCCCC(=O)OCC(COC(=O)CCCCCCCCCCCCCCCCCCCC)OC(=O)CCCCCCCCCCCCCCCCCCCC. The minimum atomic E-state index is -0.763. The molecule has 0 fully saturated rings. The summed E-state index contributed by atoms with van der Waals surface area (Å²) in [6, 6.07) is 0. The first-order chi connectivity index (χ1) is 38.0. The molecule has 0 amide bonds. The summed E-state index contributed by atoms with van der Waals surface area (Å²) in [7, 11) is 0. The largest absolute Gasteiger partial charge is 0.462 e. The molecule has 0 aromatic heterocycles. The Kier molecular flexibility index (Phi) is 65.5. The Morgan fingerprint density at radius 2 is 0.351 bits per heavy atom. The molecule has 0 rings (SSSR count). The fraction of sp³-hybridized carbons (Fsp3) is 0.958. The van der Waals surface area contributed by atoms with Crippen LogP contribution in [0.4, 0.5) is 0 Å². The van der Waals surface area contributed by atoms with E-state index in [4.69, 9.17) is 14.2 Å². The number of rotatable bonds is 67. The van der Waals surface area contributed by atoms with Gasteiger partial charge in [-0.15, -0.1) is 0 Å². The molecule has 0 saturated heterocycles. The predicted molar refractivity (Wildman–Crippen MR) is 335 cm³/mol. The second kappa shape index (κ2) is 66.9. The molecule has 0 aromatic rings. The molecule has 0 aromatic carbocycles. The molecule has 0 heterocycles. The molecule has 77 heavy (non-hydrogen) atoms. The van der Waals surface area contributed by atoms with E-state index in [0.29, 0.717) is 19.3 Å². The minimum absolute atomic E-state index is 0.0600. The highest BCUT2D eigenvalue weighted by atomic mass is 16.6. The van der Waals surface area contributed by atoms with Crippen molar-refractivity contribution in [2.45, 2.75) is 425 Å². The number of esters is 3. The second-order valence-electron chi connectivity index (χ2n) is 24.5. The number of ether oxygens (including phenoxy) is 3. The van der Waals surface area contributed by atoms with Gasteiger partial charge in [0.1, 0.15) is 13.2 Å². The van der Waals surface area contributed by atoms with Crippen LogP contribution in [0.15, 0.2) is 0 Å². The average Bonchev–Trinajstić information content (AvgIpc) is 3.43. The first-order valence-electron chi connectivity index (χ1n) is 35.5. The van der Waals surface area contributed by atoms with Gasteiger partial charge in [-0.2, -0.15) is 0 Å². The lowest BCUT2D eigenvalue weighted by molar-refractivity contribution is -0.167. The first kappa shape index (κ1) is 75.4. The standard InChI is InChI=1S/C71H138O6/c1-4-7-10-13-16-19-22-25-28-31-34-35-36-37-38-41-43-46-49-52-55-58-61-64-70(73)76-67-68(77-71(74)65-62-59-56-53-50-47-44-40-33-30-27-24-21-18-15-12-9-6-3)66-75-69(72)63-60-57-54-51-48-45-42-39-32-29-26-23-20-17-14-11-8-5-2/h68H,4-67H2,1-3H3. The Bertz CT molecular complexity index is 1160. The Hall–Kier alpha value is -1.59. The van der Waals surface area contributed by atoms with E-state index in [1.807, 2.05) is 0 Å².